The predicted octanol–water partition coefficient (Wildman–Crippen LogP) is 3.53. The van der Waals surface area contributed by atoms with Gasteiger partial charge in [0.15, 0.2) is 0 Å². The van der Waals surface area contributed by atoms with Crippen LogP contribution in [0.4, 0.5) is 0 Å². The molecular weight excluding hydrogens is 236 g/mol. The molecule has 19 heavy (non-hydrogen) atoms. The van der Waals surface area contributed by atoms with Gasteiger partial charge in [-0.3, -0.25) is 0 Å². The van der Waals surface area contributed by atoms with Gasteiger partial charge in [0.2, 0.25) is 0 Å². The summed E-state index contributed by atoms with van der Waals surface area (Å²) in [6.07, 6.45) is 3.76. The Kier molecular flexibility index (Phi) is 5.00. The van der Waals surface area contributed by atoms with Crippen molar-refractivity contribution in [2.75, 3.05) is 13.2 Å². The van der Waals surface area contributed by atoms with E-state index < -0.39 is 0 Å². The van der Waals surface area contributed by atoms with Gasteiger partial charge in [0.1, 0.15) is 0 Å². The molecule has 1 fully saturated rings. The molecule has 1 N–H and O–H groups in total. The fraction of sp³-hybridized carbons (Fsp3) is 0.647. The van der Waals surface area contributed by atoms with E-state index in [9.17, 15) is 5.11 Å². The molecular formula is C17H26O2. The second-order valence-corrected chi connectivity index (χ2v) is 5.65. The Bertz CT molecular complexity index is 364. The van der Waals surface area contributed by atoms with Crippen LogP contribution in [0.1, 0.15) is 45.1 Å². The highest BCUT2D eigenvalue weighted by Crippen LogP contribution is 2.40. The van der Waals surface area contributed by atoms with Gasteiger partial charge in [-0.25, -0.2) is 0 Å². The highest BCUT2D eigenvalue weighted by Gasteiger charge is 2.41. The molecule has 0 radical (unpaired) electrons. The van der Waals surface area contributed by atoms with Gasteiger partial charge in [0.05, 0.1) is 12.7 Å². The van der Waals surface area contributed by atoms with Crippen molar-refractivity contribution in [2.24, 2.45) is 5.92 Å². The van der Waals surface area contributed by atoms with Crippen LogP contribution >= 0.6 is 0 Å². The molecule has 106 valence electrons. The van der Waals surface area contributed by atoms with Crippen LogP contribution in [0.25, 0.3) is 0 Å². The monoisotopic (exact) mass is 262 g/mol. The number of hydrogen-bond acceptors (Lipinski definition) is 2. The molecule has 1 aromatic rings. The van der Waals surface area contributed by atoms with Gasteiger partial charge in [-0.1, -0.05) is 44.2 Å². The van der Waals surface area contributed by atoms with Crippen molar-refractivity contribution in [1.82, 2.24) is 0 Å². The van der Waals surface area contributed by atoms with Crippen molar-refractivity contribution < 1.29 is 9.84 Å². The Morgan fingerprint density at radius 1 is 1.26 bits per heavy atom. The maximum atomic E-state index is 11.0. The van der Waals surface area contributed by atoms with E-state index in [0.717, 1.165) is 32.3 Å². The minimum Gasteiger partial charge on any atom is -0.392 e. The maximum absolute atomic E-state index is 11.0. The van der Waals surface area contributed by atoms with Crippen LogP contribution in [0.3, 0.4) is 0 Å². The molecule has 2 rings (SSSR count). The first-order chi connectivity index (χ1) is 9.24. The van der Waals surface area contributed by atoms with Crippen LogP contribution in [0.5, 0.6) is 0 Å². The molecule has 2 unspecified atom stereocenters. The van der Waals surface area contributed by atoms with E-state index in [1.54, 1.807) is 0 Å². The first-order valence-electron chi connectivity index (χ1n) is 7.56. The summed E-state index contributed by atoms with van der Waals surface area (Å²) in [6.45, 7) is 5.92. The SMILES string of the molecule is CCC(CC)(c1ccccc1)C(O)C1CCCOC1. The third-order valence-corrected chi connectivity index (χ3v) is 4.82. The molecule has 1 aromatic carbocycles. The molecule has 0 aliphatic carbocycles. The third-order valence-electron chi connectivity index (χ3n) is 4.82. The smallest absolute Gasteiger partial charge is 0.0686 e. The molecule has 1 aliphatic rings. The summed E-state index contributed by atoms with van der Waals surface area (Å²) in [6, 6.07) is 10.5. The molecule has 1 saturated heterocycles. The normalized spacial score (nSPS) is 22.2. The van der Waals surface area contributed by atoms with E-state index >= 15 is 0 Å². The van der Waals surface area contributed by atoms with Crippen LogP contribution in [-0.2, 0) is 10.2 Å². The van der Waals surface area contributed by atoms with Crippen molar-refractivity contribution in [2.45, 2.75) is 51.0 Å². The average Bonchev–Trinajstić information content (AvgIpc) is 2.51. The van der Waals surface area contributed by atoms with E-state index in [1.807, 2.05) is 6.07 Å². The van der Waals surface area contributed by atoms with Crippen LogP contribution in [0.2, 0.25) is 0 Å². The first-order valence-corrected chi connectivity index (χ1v) is 7.56. The van der Waals surface area contributed by atoms with Gasteiger partial charge in [0.25, 0.3) is 0 Å². The maximum Gasteiger partial charge on any atom is 0.0686 e. The summed E-state index contributed by atoms with van der Waals surface area (Å²) >= 11 is 0. The molecule has 0 bridgehead atoms. The summed E-state index contributed by atoms with van der Waals surface area (Å²) in [5.41, 5.74) is 1.13. The Labute approximate surface area is 116 Å². The molecule has 0 amide bonds. The van der Waals surface area contributed by atoms with Crippen molar-refractivity contribution in [3.63, 3.8) is 0 Å². The predicted molar refractivity (Wildman–Crippen MR) is 78.3 cm³/mol. The Morgan fingerprint density at radius 3 is 2.47 bits per heavy atom. The minimum atomic E-state index is -0.315. The number of aliphatic hydroxyl groups excluding tert-OH is 1. The first kappa shape index (κ1) is 14.5. The summed E-state index contributed by atoms with van der Waals surface area (Å²) < 4.78 is 5.56. The molecule has 0 aromatic heterocycles. The Hall–Kier alpha value is -0.860. The Morgan fingerprint density at radius 2 is 1.95 bits per heavy atom. The summed E-state index contributed by atoms with van der Waals surface area (Å²) in [5.74, 6) is 0.272. The van der Waals surface area contributed by atoms with Crippen LogP contribution in [-0.4, -0.2) is 24.4 Å². The van der Waals surface area contributed by atoms with E-state index in [4.69, 9.17) is 4.74 Å². The van der Waals surface area contributed by atoms with Crippen molar-refractivity contribution in [3.05, 3.63) is 35.9 Å². The average molecular weight is 262 g/mol. The van der Waals surface area contributed by atoms with Crippen LogP contribution < -0.4 is 0 Å². The molecule has 0 spiro atoms. The zero-order chi connectivity index (χ0) is 13.7. The second-order valence-electron chi connectivity index (χ2n) is 5.65. The standard InChI is InChI=1S/C17H26O2/c1-3-17(4-2,15-10-6-5-7-11-15)16(18)14-9-8-12-19-13-14/h5-7,10-11,14,16,18H,3-4,8-9,12-13H2,1-2H3. The lowest BCUT2D eigenvalue weighted by atomic mass is 9.67. The van der Waals surface area contributed by atoms with Gasteiger partial charge in [-0.05, 0) is 31.2 Å². The highest BCUT2D eigenvalue weighted by atomic mass is 16.5. The zero-order valence-electron chi connectivity index (χ0n) is 12.1. The van der Waals surface area contributed by atoms with Crippen molar-refractivity contribution in [1.29, 1.82) is 0 Å². The summed E-state index contributed by atoms with van der Waals surface area (Å²) in [7, 11) is 0. The van der Waals surface area contributed by atoms with E-state index in [2.05, 4.69) is 38.1 Å². The van der Waals surface area contributed by atoms with E-state index in [-0.39, 0.29) is 17.4 Å². The fourth-order valence-corrected chi connectivity index (χ4v) is 3.48. The highest BCUT2D eigenvalue weighted by molar-refractivity contribution is 5.27. The molecule has 0 saturated carbocycles. The summed E-state index contributed by atoms with van der Waals surface area (Å²) in [5, 5.41) is 11.0. The largest absolute Gasteiger partial charge is 0.392 e. The lowest BCUT2D eigenvalue weighted by molar-refractivity contribution is -0.0467. The van der Waals surface area contributed by atoms with Gasteiger partial charge in [0, 0.05) is 17.9 Å². The van der Waals surface area contributed by atoms with Crippen molar-refractivity contribution >= 4 is 0 Å². The number of rotatable bonds is 5. The molecule has 1 heterocycles. The van der Waals surface area contributed by atoms with Gasteiger partial charge < -0.3 is 9.84 Å². The van der Waals surface area contributed by atoms with Gasteiger partial charge in [-0.15, -0.1) is 0 Å². The lowest BCUT2D eigenvalue weighted by Crippen LogP contribution is -2.46. The number of hydrogen-bond donors (Lipinski definition) is 1. The van der Waals surface area contributed by atoms with Crippen molar-refractivity contribution in [3.8, 4) is 0 Å². The quantitative estimate of drug-likeness (QED) is 0.879. The molecule has 2 nitrogen and oxygen atoms in total. The fourth-order valence-electron chi connectivity index (χ4n) is 3.48. The Balaban J connectivity index is 2.27. The molecule has 2 heteroatoms. The summed E-state index contributed by atoms with van der Waals surface area (Å²) in [4.78, 5) is 0. The van der Waals surface area contributed by atoms with Gasteiger partial charge in [-0.2, -0.15) is 0 Å². The molecule has 1 aliphatic heterocycles. The van der Waals surface area contributed by atoms with Crippen LogP contribution in [0, 0.1) is 5.92 Å². The minimum absolute atomic E-state index is 0.132. The molecule has 2 atom stereocenters. The third kappa shape index (κ3) is 2.85. The number of ether oxygens (including phenoxy) is 1. The zero-order valence-corrected chi connectivity index (χ0v) is 12.1. The van der Waals surface area contributed by atoms with E-state index in [0.29, 0.717) is 6.61 Å². The van der Waals surface area contributed by atoms with Crippen LogP contribution in [0.15, 0.2) is 30.3 Å². The van der Waals surface area contributed by atoms with Gasteiger partial charge >= 0.3 is 0 Å². The number of aliphatic hydroxyl groups is 1. The van der Waals surface area contributed by atoms with E-state index in [1.165, 1.54) is 5.56 Å². The second kappa shape index (κ2) is 6.53. The topological polar surface area (TPSA) is 29.5 Å². The lowest BCUT2D eigenvalue weighted by Gasteiger charge is -2.42. The number of benzene rings is 1.